The Balaban J connectivity index is 1.93. The number of fused-ring (bicyclic) bond motifs is 1. The number of carbonyl (C=O) groups excluding carboxylic acids is 1. The summed E-state index contributed by atoms with van der Waals surface area (Å²) < 4.78 is 12.7. The number of aryl methyl sites for hydroxylation is 1. The number of nitrogens with zero attached hydrogens (tertiary/aromatic N) is 3. The summed E-state index contributed by atoms with van der Waals surface area (Å²) in [7, 11) is 1.62. The van der Waals surface area contributed by atoms with Crippen molar-refractivity contribution in [1.82, 2.24) is 14.3 Å². The molecule has 2 aromatic heterocycles. The SMILES string of the molecule is COCCCN1C(=O)C(=Cc2c(NCCCOC(C)C)nc3c(C)cccn3c2=O)SC1=S. The second-order valence-corrected chi connectivity index (χ2v) is 9.62. The number of ether oxygens (including phenoxy) is 2. The highest BCUT2D eigenvalue weighted by atomic mass is 32.2. The molecule has 178 valence electrons. The fourth-order valence-electron chi connectivity index (χ4n) is 3.37. The van der Waals surface area contributed by atoms with Gasteiger partial charge in [0.05, 0.1) is 16.6 Å². The maximum absolute atomic E-state index is 13.4. The van der Waals surface area contributed by atoms with Gasteiger partial charge in [-0.2, -0.15) is 0 Å². The Labute approximate surface area is 203 Å². The summed E-state index contributed by atoms with van der Waals surface area (Å²) in [6, 6.07) is 3.72. The number of methoxy groups -OCH3 is 1. The molecular formula is C23H30N4O4S2. The van der Waals surface area contributed by atoms with Gasteiger partial charge in [0, 0.05) is 39.6 Å². The first-order valence-electron chi connectivity index (χ1n) is 10.9. The van der Waals surface area contributed by atoms with E-state index >= 15 is 0 Å². The van der Waals surface area contributed by atoms with Crippen molar-refractivity contribution >= 4 is 51.7 Å². The largest absolute Gasteiger partial charge is 0.385 e. The average Bonchev–Trinajstić information content (AvgIpc) is 3.04. The number of aromatic nitrogens is 2. The van der Waals surface area contributed by atoms with Gasteiger partial charge in [0.15, 0.2) is 0 Å². The van der Waals surface area contributed by atoms with Crippen LogP contribution < -0.4 is 10.9 Å². The summed E-state index contributed by atoms with van der Waals surface area (Å²) in [5.74, 6) is 0.245. The van der Waals surface area contributed by atoms with Gasteiger partial charge in [0.2, 0.25) is 0 Å². The van der Waals surface area contributed by atoms with Gasteiger partial charge >= 0.3 is 0 Å². The van der Waals surface area contributed by atoms with Gasteiger partial charge in [-0.05, 0) is 51.3 Å². The van der Waals surface area contributed by atoms with Crippen molar-refractivity contribution in [2.75, 3.05) is 38.7 Å². The molecule has 1 N–H and O–H groups in total. The molecule has 8 nitrogen and oxygen atoms in total. The number of thioether (sulfide) groups is 1. The lowest BCUT2D eigenvalue weighted by molar-refractivity contribution is -0.122. The van der Waals surface area contributed by atoms with Crippen LogP contribution in [-0.2, 0) is 14.3 Å². The minimum Gasteiger partial charge on any atom is -0.385 e. The first-order valence-corrected chi connectivity index (χ1v) is 12.2. The van der Waals surface area contributed by atoms with Crippen LogP contribution in [0.1, 0.15) is 37.8 Å². The quantitative estimate of drug-likeness (QED) is 0.291. The standard InChI is InChI=1S/C23H30N4O4S2/c1-15(2)31-13-6-9-24-19-17(21(28)26-10-5-8-16(3)20(26)25-19)14-18-22(29)27(23(32)33-18)11-7-12-30-4/h5,8,10,14-15,24H,6-7,9,11-13H2,1-4H3. The topological polar surface area (TPSA) is 85.2 Å². The number of rotatable bonds is 11. The number of amides is 1. The Kier molecular flexibility index (Phi) is 9.02. The predicted molar refractivity (Wildman–Crippen MR) is 137 cm³/mol. The van der Waals surface area contributed by atoms with Crippen LogP contribution in [0.4, 0.5) is 5.82 Å². The number of pyridine rings is 1. The first kappa shape index (κ1) is 25.4. The van der Waals surface area contributed by atoms with E-state index < -0.39 is 0 Å². The molecule has 1 fully saturated rings. The van der Waals surface area contributed by atoms with E-state index in [2.05, 4.69) is 5.32 Å². The van der Waals surface area contributed by atoms with Gasteiger partial charge in [-0.3, -0.25) is 18.9 Å². The number of carbonyl (C=O) groups is 1. The van der Waals surface area contributed by atoms with Crippen LogP contribution in [0.2, 0.25) is 0 Å². The van der Waals surface area contributed by atoms with Gasteiger partial charge in [0.25, 0.3) is 11.5 Å². The van der Waals surface area contributed by atoms with Crippen LogP contribution >= 0.6 is 24.0 Å². The molecular weight excluding hydrogens is 460 g/mol. The van der Waals surface area contributed by atoms with Gasteiger partial charge in [-0.15, -0.1) is 0 Å². The smallest absolute Gasteiger partial charge is 0.267 e. The fraction of sp³-hybridized carbons (Fsp3) is 0.478. The summed E-state index contributed by atoms with van der Waals surface area (Å²) >= 11 is 6.60. The monoisotopic (exact) mass is 490 g/mol. The number of hydrogen-bond acceptors (Lipinski definition) is 8. The highest BCUT2D eigenvalue weighted by Gasteiger charge is 2.32. The third kappa shape index (κ3) is 6.20. The van der Waals surface area contributed by atoms with Crippen LogP contribution in [0.15, 0.2) is 28.0 Å². The predicted octanol–water partition coefficient (Wildman–Crippen LogP) is 3.47. The number of thiocarbonyl (C=S) groups is 1. The van der Waals surface area contributed by atoms with E-state index in [4.69, 9.17) is 26.7 Å². The zero-order chi connectivity index (χ0) is 24.0. The molecule has 1 aliphatic heterocycles. The molecule has 0 bridgehead atoms. The van der Waals surface area contributed by atoms with Crippen LogP contribution in [-0.4, -0.2) is 64.0 Å². The Bertz CT molecular complexity index is 1110. The zero-order valence-corrected chi connectivity index (χ0v) is 21.1. The molecule has 33 heavy (non-hydrogen) atoms. The lowest BCUT2D eigenvalue weighted by Gasteiger charge is -2.14. The molecule has 0 radical (unpaired) electrons. The molecule has 3 heterocycles. The third-order valence-corrected chi connectivity index (χ3v) is 6.41. The van der Waals surface area contributed by atoms with Crippen molar-refractivity contribution in [3.63, 3.8) is 0 Å². The summed E-state index contributed by atoms with van der Waals surface area (Å²) in [5, 5.41) is 3.27. The van der Waals surface area contributed by atoms with Crippen LogP contribution in [0.3, 0.4) is 0 Å². The summed E-state index contributed by atoms with van der Waals surface area (Å²) in [5.41, 5.74) is 1.55. The molecule has 0 spiro atoms. The summed E-state index contributed by atoms with van der Waals surface area (Å²) in [6.07, 6.45) is 4.89. The van der Waals surface area contributed by atoms with Crippen molar-refractivity contribution in [3.05, 3.63) is 44.7 Å². The minimum absolute atomic E-state index is 0.164. The van der Waals surface area contributed by atoms with E-state index in [1.54, 1.807) is 30.3 Å². The molecule has 0 saturated carbocycles. The summed E-state index contributed by atoms with van der Waals surface area (Å²) in [6.45, 7) is 8.10. The van der Waals surface area contributed by atoms with Crippen LogP contribution in [0.25, 0.3) is 11.7 Å². The number of nitrogens with one attached hydrogen (secondary N) is 1. The normalized spacial score (nSPS) is 15.4. The molecule has 1 saturated heterocycles. The fourth-order valence-corrected chi connectivity index (χ4v) is 4.66. The Morgan fingerprint density at radius 1 is 1.27 bits per heavy atom. The molecule has 1 amide bonds. The van der Waals surface area contributed by atoms with Gasteiger partial charge in [0.1, 0.15) is 15.8 Å². The van der Waals surface area contributed by atoms with Crippen molar-refractivity contribution < 1.29 is 14.3 Å². The van der Waals surface area contributed by atoms with E-state index in [1.807, 2.05) is 26.8 Å². The Morgan fingerprint density at radius 2 is 2.06 bits per heavy atom. The number of hydrogen-bond donors (Lipinski definition) is 1. The van der Waals surface area contributed by atoms with Crippen molar-refractivity contribution in [3.8, 4) is 0 Å². The molecule has 1 aliphatic rings. The van der Waals surface area contributed by atoms with E-state index in [0.717, 1.165) is 12.0 Å². The van der Waals surface area contributed by atoms with E-state index in [-0.39, 0.29) is 17.6 Å². The second-order valence-electron chi connectivity index (χ2n) is 7.94. The average molecular weight is 491 g/mol. The van der Waals surface area contributed by atoms with E-state index in [9.17, 15) is 9.59 Å². The van der Waals surface area contributed by atoms with Crippen LogP contribution in [0.5, 0.6) is 0 Å². The molecule has 0 aliphatic carbocycles. The highest BCUT2D eigenvalue weighted by Crippen LogP contribution is 2.33. The van der Waals surface area contributed by atoms with Crippen molar-refractivity contribution in [2.24, 2.45) is 0 Å². The van der Waals surface area contributed by atoms with Gasteiger partial charge in [-0.1, -0.05) is 30.0 Å². The lowest BCUT2D eigenvalue weighted by Crippen LogP contribution is -2.29. The lowest BCUT2D eigenvalue weighted by atomic mass is 10.2. The third-order valence-electron chi connectivity index (χ3n) is 5.03. The molecule has 10 heteroatoms. The first-order chi connectivity index (χ1) is 15.8. The van der Waals surface area contributed by atoms with Crippen LogP contribution in [0, 0.1) is 6.92 Å². The maximum atomic E-state index is 13.4. The molecule has 0 aromatic carbocycles. The minimum atomic E-state index is -0.241. The second kappa shape index (κ2) is 11.7. The van der Waals surface area contributed by atoms with Crippen molar-refractivity contribution in [2.45, 2.75) is 39.7 Å². The maximum Gasteiger partial charge on any atom is 0.267 e. The van der Waals surface area contributed by atoms with Gasteiger partial charge < -0.3 is 14.8 Å². The Hall–Kier alpha value is -2.27. The number of anilines is 1. The van der Waals surface area contributed by atoms with Crippen molar-refractivity contribution in [1.29, 1.82) is 0 Å². The molecule has 2 aromatic rings. The Morgan fingerprint density at radius 3 is 2.79 bits per heavy atom. The van der Waals surface area contributed by atoms with E-state index in [1.165, 1.54) is 16.2 Å². The van der Waals surface area contributed by atoms with E-state index in [0.29, 0.717) is 59.0 Å². The molecule has 3 rings (SSSR count). The molecule has 0 atom stereocenters. The summed E-state index contributed by atoms with van der Waals surface area (Å²) in [4.78, 5) is 33.0. The van der Waals surface area contributed by atoms with Gasteiger partial charge in [-0.25, -0.2) is 4.98 Å². The highest BCUT2D eigenvalue weighted by molar-refractivity contribution is 8.26. The molecule has 0 unspecified atom stereocenters. The zero-order valence-electron chi connectivity index (χ0n) is 19.4.